The van der Waals surface area contributed by atoms with Crippen LogP contribution in [0.4, 0.5) is 10.3 Å². The summed E-state index contributed by atoms with van der Waals surface area (Å²) in [5.41, 5.74) is 3.46. The molecule has 0 saturated heterocycles. The third-order valence-electron chi connectivity index (χ3n) is 7.29. The number of benzene rings is 2. The van der Waals surface area contributed by atoms with Crippen LogP contribution in [0.5, 0.6) is 0 Å². The molecule has 4 aromatic rings. The van der Waals surface area contributed by atoms with E-state index in [1.54, 1.807) is 36.1 Å². The molecule has 0 bridgehead atoms. The van der Waals surface area contributed by atoms with Crippen molar-refractivity contribution in [1.82, 2.24) is 19.9 Å². The number of hydrogen-bond donors (Lipinski definition) is 2. The van der Waals surface area contributed by atoms with E-state index < -0.39 is 0 Å². The Labute approximate surface area is 223 Å². The van der Waals surface area contributed by atoms with E-state index in [0.717, 1.165) is 12.0 Å². The molecule has 1 aliphatic rings. The van der Waals surface area contributed by atoms with Gasteiger partial charge in [-0.15, -0.1) is 0 Å². The lowest BCUT2D eigenvalue weighted by Crippen LogP contribution is -2.45. The average molecular weight is 512 g/mol. The molecule has 1 fully saturated rings. The van der Waals surface area contributed by atoms with Gasteiger partial charge in [-0.05, 0) is 54.7 Å². The molecule has 5 rings (SSSR count). The summed E-state index contributed by atoms with van der Waals surface area (Å²) in [5, 5.41) is 7.35. The highest BCUT2D eigenvalue weighted by Crippen LogP contribution is 2.29. The van der Waals surface area contributed by atoms with Crippen molar-refractivity contribution in [2.45, 2.75) is 50.6 Å². The maximum absolute atomic E-state index is 13.7. The molecule has 196 valence electrons. The second-order valence-electron chi connectivity index (χ2n) is 10.0. The summed E-state index contributed by atoms with van der Waals surface area (Å²) in [6, 6.07) is 20.8. The molecule has 0 unspecified atom stereocenters. The Hall–Kier alpha value is -3.84. The molecule has 0 amide bonds. The Bertz CT molecular complexity index is 1380. The molecule has 2 aromatic carbocycles. The Morgan fingerprint density at radius 1 is 0.947 bits per heavy atom. The quantitative estimate of drug-likeness (QED) is 0.306. The highest BCUT2D eigenvalue weighted by molar-refractivity contribution is 5.80. The van der Waals surface area contributed by atoms with E-state index in [1.165, 1.54) is 49.8 Å². The molecular weight excluding hydrogens is 477 g/mol. The molecule has 0 spiro atoms. The third-order valence-corrected chi connectivity index (χ3v) is 7.29. The van der Waals surface area contributed by atoms with E-state index in [4.69, 9.17) is 4.98 Å². The average Bonchev–Trinajstić information content (AvgIpc) is 2.96. The first-order valence-corrected chi connectivity index (χ1v) is 13.4. The van der Waals surface area contributed by atoms with Gasteiger partial charge in [0.15, 0.2) is 0 Å². The topological polar surface area (TPSA) is 71.8 Å². The zero-order valence-corrected chi connectivity index (χ0v) is 21.7. The summed E-state index contributed by atoms with van der Waals surface area (Å²) in [6.45, 7) is 0.622. The van der Waals surface area contributed by atoms with E-state index in [0.29, 0.717) is 35.4 Å². The van der Waals surface area contributed by atoms with Crippen LogP contribution < -0.4 is 16.2 Å². The molecule has 2 N–H and O–H groups in total. The fraction of sp³-hybridized carbons (Fsp3) is 0.323. The Balaban J connectivity index is 1.46. The van der Waals surface area contributed by atoms with Gasteiger partial charge in [-0.2, -0.15) is 0 Å². The molecule has 2 heterocycles. The van der Waals surface area contributed by atoms with Gasteiger partial charge >= 0.3 is 0 Å². The highest BCUT2D eigenvalue weighted by atomic mass is 19.1. The van der Waals surface area contributed by atoms with Crippen LogP contribution in [0.2, 0.25) is 0 Å². The van der Waals surface area contributed by atoms with Crippen LogP contribution in [0, 0.1) is 5.82 Å². The number of pyridine rings is 1. The second-order valence-corrected chi connectivity index (χ2v) is 10.0. The van der Waals surface area contributed by atoms with Gasteiger partial charge in [0.1, 0.15) is 5.82 Å². The van der Waals surface area contributed by atoms with Crippen LogP contribution in [0.25, 0.3) is 22.4 Å². The summed E-state index contributed by atoms with van der Waals surface area (Å²) in [4.78, 5) is 22.7. The van der Waals surface area contributed by atoms with Gasteiger partial charge in [-0.25, -0.2) is 9.37 Å². The molecule has 1 atom stereocenters. The molecule has 38 heavy (non-hydrogen) atoms. The molecule has 0 aliphatic heterocycles. The zero-order chi connectivity index (χ0) is 26.3. The van der Waals surface area contributed by atoms with Crippen molar-refractivity contribution >= 4 is 5.95 Å². The van der Waals surface area contributed by atoms with Crippen LogP contribution in [0.15, 0.2) is 83.9 Å². The van der Waals surface area contributed by atoms with Crippen molar-refractivity contribution < 1.29 is 4.39 Å². The number of nitrogens with one attached hydrogen (secondary N) is 2. The third kappa shape index (κ3) is 6.17. The highest BCUT2D eigenvalue weighted by Gasteiger charge is 2.21. The van der Waals surface area contributed by atoms with Crippen molar-refractivity contribution in [3.8, 4) is 22.4 Å². The maximum atomic E-state index is 13.7. The minimum Gasteiger partial charge on any atom is -0.354 e. The lowest BCUT2D eigenvalue weighted by Gasteiger charge is -2.29. The minimum atomic E-state index is -0.350. The van der Waals surface area contributed by atoms with Crippen LogP contribution >= 0.6 is 0 Å². The molecule has 0 radical (unpaired) electrons. The molecule has 2 aromatic heterocycles. The molecule has 1 saturated carbocycles. The van der Waals surface area contributed by atoms with Crippen molar-refractivity contribution in [3.05, 3.63) is 101 Å². The fourth-order valence-electron chi connectivity index (χ4n) is 5.26. The smallest absolute Gasteiger partial charge is 0.263 e. The van der Waals surface area contributed by atoms with Crippen molar-refractivity contribution in [3.63, 3.8) is 0 Å². The zero-order valence-electron chi connectivity index (χ0n) is 21.7. The van der Waals surface area contributed by atoms with Gasteiger partial charge < -0.3 is 10.6 Å². The molecular formula is C31H34FN5O. The summed E-state index contributed by atoms with van der Waals surface area (Å²) in [7, 11) is 1.72. The van der Waals surface area contributed by atoms with Crippen molar-refractivity contribution in [2.75, 3.05) is 11.9 Å². The van der Waals surface area contributed by atoms with Crippen LogP contribution in [0.1, 0.15) is 37.7 Å². The normalized spacial score (nSPS) is 14.8. The van der Waals surface area contributed by atoms with E-state index in [1.807, 2.05) is 18.2 Å². The van der Waals surface area contributed by atoms with Gasteiger partial charge in [0.2, 0.25) is 5.95 Å². The SMILES string of the molecule is Cn1c(NC[C@H](Cc2ccccc2)NC2CCCCC2)nc(-c2ccncc2)c(-c2ccc(F)cc2)c1=O. The monoisotopic (exact) mass is 511 g/mol. The largest absolute Gasteiger partial charge is 0.354 e. The van der Waals surface area contributed by atoms with Gasteiger partial charge in [0.05, 0.1) is 11.3 Å². The van der Waals surface area contributed by atoms with Gasteiger partial charge in [-0.1, -0.05) is 61.7 Å². The summed E-state index contributed by atoms with van der Waals surface area (Å²) in [5.74, 6) is 0.147. The van der Waals surface area contributed by atoms with Crippen LogP contribution in [-0.4, -0.2) is 33.2 Å². The van der Waals surface area contributed by atoms with Gasteiger partial charge in [-0.3, -0.25) is 14.3 Å². The first-order chi connectivity index (χ1) is 18.6. The molecule has 7 heteroatoms. The van der Waals surface area contributed by atoms with Crippen LogP contribution in [-0.2, 0) is 13.5 Å². The van der Waals surface area contributed by atoms with E-state index in [-0.39, 0.29) is 17.4 Å². The Morgan fingerprint density at radius 2 is 1.66 bits per heavy atom. The number of anilines is 1. The van der Waals surface area contributed by atoms with E-state index in [9.17, 15) is 9.18 Å². The predicted molar refractivity (Wildman–Crippen MR) is 151 cm³/mol. The summed E-state index contributed by atoms with van der Waals surface area (Å²) >= 11 is 0. The fourth-order valence-corrected chi connectivity index (χ4v) is 5.26. The number of hydrogen-bond acceptors (Lipinski definition) is 5. The van der Waals surface area contributed by atoms with Crippen molar-refractivity contribution in [2.24, 2.45) is 7.05 Å². The number of rotatable bonds is 9. The lowest BCUT2D eigenvalue weighted by atomic mass is 9.94. The predicted octanol–water partition coefficient (Wildman–Crippen LogP) is 5.59. The Morgan fingerprint density at radius 3 is 2.37 bits per heavy atom. The standard InChI is InChI=1S/C31H34FN5O/c1-37-30(38)28(23-12-14-25(32)15-13-23)29(24-16-18-33-19-17-24)36-31(37)34-21-27(20-22-8-4-2-5-9-22)35-26-10-6-3-7-11-26/h2,4-5,8-9,12-19,26-27,35H,3,6-7,10-11,20-21H2,1H3,(H,34,36)/t27-/m0/s1. The van der Waals surface area contributed by atoms with Crippen LogP contribution in [0.3, 0.4) is 0 Å². The number of halogens is 1. The number of aromatic nitrogens is 3. The summed E-state index contributed by atoms with van der Waals surface area (Å²) in [6.07, 6.45) is 10.5. The molecule has 6 nitrogen and oxygen atoms in total. The molecule has 1 aliphatic carbocycles. The maximum Gasteiger partial charge on any atom is 0.263 e. The summed E-state index contributed by atoms with van der Waals surface area (Å²) < 4.78 is 15.2. The number of nitrogens with zero attached hydrogens (tertiary/aromatic N) is 3. The van der Waals surface area contributed by atoms with Gasteiger partial charge in [0, 0.05) is 43.6 Å². The lowest BCUT2D eigenvalue weighted by molar-refractivity contribution is 0.338. The Kier molecular flexibility index (Phi) is 8.24. The minimum absolute atomic E-state index is 0.179. The van der Waals surface area contributed by atoms with Crippen molar-refractivity contribution in [1.29, 1.82) is 0 Å². The van der Waals surface area contributed by atoms with E-state index in [2.05, 4.69) is 39.9 Å². The van der Waals surface area contributed by atoms with E-state index >= 15 is 0 Å². The first-order valence-electron chi connectivity index (χ1n) is 13.4. The van der Waals surface area contributed by atoms with Gasteiger partial charge in [0.25, 0.3) is 5.56 Å². The first kappa shape index (κ1) is 25.8. The second kappa shape index (κ2) is 12.1.